The molecule has 0 aromatic heterocycles. The number of rotatable bonds is 0. The lowest BCUT2D eigenvalue weighted by molar-refractivity contribution is -0.657. The second-order valence-electron chi connectivity index (χ2n) is 1.92. The molecule has 0 saturated carbocycles. The van der Waals surface area contributed by atoms with Crippen molar-refractivity contribution < 1.29 is 19.0 Å². The maximum Gasteiger partial charge on any atom is 0.496 e. The van der Waals surface area contributed by atoms with Crippen LogP contribution in [-0.2, 0) is 9.47 Å². The van der Waals surface area contributed by atoms with Gasteiger partial charge in [0.15, 0.2) is 0 Å². The van der Waals surface area contributed by atoms with Crippen LogP contribution in [0.2, 0.25) is 0 Å². The van der Waals surface area contributed by atoms with Crippen molar-refractivity contribution in [3.8, 4) is 0 Å². The second-order valence-corrected chi connectivity index (χ2v) is 1.92. The van der Waals surface area contributed by atoms with E-state index < -0.39 is 0 Å². The predicted octanol–water partition coefficient (Wildman–Crippen LogP) is -0.932. The van der Waals surface area contributed by atoms with Gasteiger partial charge in [0.25, 0.3) is 0 Å². The minimum Gasteiger partial charge on any atom is -0.616 e. The van der Waals surface area contributed by atoms with Gasteiger partial charge in [0.1, 0.15) is 0 Å². The number of hydrogen-bond acceptors (Lipinski definition) is 4. The van der Waals surface area contributed by atoms with Gasteiger partial charge in [0.05, 0.1) is 14.2 Å². The van der Waals surface area contributed by atoms with E-state index in [0.717, 1.165) is 0 Å². The molecule has 0 aromatic carbocycles. The second kappa shape index (κ2) is 2.65. The van der Waals surface area contributed by atoms with E-state index in [1.54, 1.807) is 0 Å². The van der Waals surface area contributed by atoms with E-state index in [4.69, 9.17) is 0 Å². The lowest BCUT2D eigenvalue weighted by atomic mass is 10.6. The highest BCUT2D eigenvalue weighted by Gasteiger charge is 2.37. The highest BCUT2D eigenvalue weighted by atomic mass is 16.6. The molecule has 0 bridgehead atoms. The van der Waals surface area contributed by atoms with E-state index in [-0.39, 0.29) is 18.5 Å². The first kappa shape index (κ1) is 7.64. The topological polar surface area (TPSA) is 70.6 Å². The highest BCUT2D eigenvalue weighted by molar-refractivity contribution is 6.31. The van der Waals surface area contributed by atoms with Gasteiger partial charge in [-0.3, -0.25) is 0 Å². The first-order valence-electron chi connectivity index (χ1n) is 2.92. The Morgan fingerprint density at radius 3 is 1.73 bits per heavy atom. The maximum atomic E-state index is 10.8. The molecule has 1 aliphatic rings. The third kappa shape index (κ3) is 1.06. The molecule has 0 amide bonds. The van der Waals surface area contributed by atoms with Crippen molar-refractivity contribution in [3.63, 3.8) is 0 Å². The van der Waals surface area contributed by atoms with Crippen molar-refractivity contribution in [3.05, 3.63) is 10.4 Å². The lowest BCUT2D eigenvalue weighted by Crippen LogP contribution is -2.22. The minimum absolute atomic E-state index is 0.0810. The number of ether oxygens (including phenoxy) is 2. The quantitative estimate of drug-likeness (QED) is 0.339. The number of hydroxylamine groups is 2. The first-order valence-corrected chi connectivity index (χ1v) is 2.92. The summed E-state index contributed by atoms with van der Waals surface area (Å²) in [6, 6.07) is 0. The summed E-state index contributed by atoms with van der Waals surface area (Å²) in [6.45, 7) is -0.299. The summed E-state index contributed by atoms with van der Waals surface area (Å²) in [5.41, 5.74) is 0. The zero-order chi connectivity index (χ0) is 8.43. The molecule has 1 heterocycles. The fraction of sp³-hybridized carbons (Fsp3) is 0.600. The summed E-state index contributed by atoms with van der Waals surface area (Å²) in [7, 11) is 2.61. The zero-order valence-corrected chi connectivity index (χ0v) is 6.23. The smallest absolute Gasteiger partial charge is 0.496 e. The molecule has 0 aromatic rings. The van der Waals surface area contributed by atoms with E-state index in [2.05, 4.69) is 9.47 Å². The van der Waals surface area contributed by atoms with Crippen LogP contribution in [0, 0.1) is 10.4 Å². The van der Waals surface area contributed by atoms with Crippen molar-refractivity contribution in [1.82, 2.24) is 0 Å². The van der Waals surface area contributed by atoms with Crippen molar-refractivity contribution in [2.45, 2.75) is 0 Å². The van der Waals surface area contributed by atoms with Gasteiger partial charge < -0.3 is 19.9 Å². The molecule has 6 nitrogen and oxygen atoms in total. The molecule has 0 spiro atoms. The largest absolute Gasteiger partial charge is 0.616 e. The molecule has 0 unspecified atom stereocenters. The summed E-state index contributed by atoms with van der Waals surface area (Å²) >= 11 is 0. The molecule has 0 aliphatic carbocycles. The fourth-order valence-electron chi connectivity index (χ4n) is 0.837. The SMILES string of the molecule is COC1=[N+]([O-])C[N+]([O-])=C1OC. The normalized spacial score (nSPS) is 17.6. The van der Waals surface area contributed by atoms with Crippen LogP contribution >= 0.6 is 0 Å². The zero-order valence-electron chi connectivity index (χ0n) is 6.23. The fourth-order valence-corrected chi connectivity index (χ4v) is 0.837. The Morgan fingerprint density at radius 2 is 1.45 bits per heavy atom. The van der Waals surface area contributed by atoms with Crippen LogP contribution in [0.5, 0.6) is 0 Å². The molecule has 0 saturated heterocycles. The molecular weight excluding hydrogens is 152 g/mol. The average molecular weight is 160 g/mol. The third-order valence-corrected chi connectivity index (χ3v) is 1.28. The average Bonchev–Trinajstić information content (AvgIpc) is 2.24. The van der Waals surface area contributed by atoms with Crippen LogP contribution in [0.1, 0.15) is 0 Å². The van der Waals surface area contributed by atoms with Gasteiger partial charge >= 0.3 is 18.5 Å². The summed E-state index contributed by atoms with van der Waals surface area (Å²) in [6.07, 6.45) is 0. The van der Waals surface area contributed by atoms with Gasteiger partial charge in [-0.2, -0.15) is 0 Å². The number of methoxy groups -OCH3 is 2. The van der Waals surface area contributed by atoms with Gasteiger partial charge in [0.2, 0.25) is 0 Å². The van der Waals surface area contributed by atoms with E-state index in [1.807, 2.05) is 0 Å². The van der Waals surface area contributed by atoms with Crippen LogP contribution in [0.3, 0.4) is 0 Å². The van der Waals surface area contributed by atoms with Crippen LogP contribution in [-0.4, -0.2) is 42.2 Å². The molecule has 1 rings (SSSR count). The summed E-state index contributed by atoms with van der Waals surface area (Å²) in [5, 5.41) is 21.6. The Bertz CT molecular complexity index is 209. The van der Waals surface area contributed by atoms with E-state index in [9.17, 15) is 10.4 Å². The minimum atomic E-state index is -0.299. The van der Waals surface area contributed by atoms with E-state index >= 15 is 0 Å². The molecule has 1 aliphatic heterocycles. The van der Waals surface area contributed by atoms with Gasteiger partial charge in [-0.1, -0.05) is 0 Å². The Morgan fingerprint density at radius 1 is 1.09 bits per heavy atom. The van der Waals surface area contributed by atoms with Crippen molar-refractivity contribution in [2.75, 3.05) is 20.9 Å². The van der Waals surface area contributed by atoms with Crippen LogP contribution in [0.15, 0.2) is 0 Å². The molecule has 0 radical (unpaired) electrons. The molecule has 11 heavy (non-hydrogen) atoms. The van der Waals surface area contributed by atoms with Gasteiger partial charge in [-0.15, -0.1) is 9.48 Å². The van der Waals surface area contributed by atoms with Gasteiger partial charge in [0, 0.05) is 0 Å². The van der Waals surface area contributed by atoms with Crippen molar-refractivity contribution in [2.24, 2.45) is 0 Å². The van der Waals surface area contributed by atoms with E-state index in [0.29, 0.717) is 9.48 Å². The Labute approximate surface area is 63.1 Å². The maximum absolute atomic E-state index is 10.8. The molecule has 0 fully saturated rings. The first-order chi connectivity index (χ1) is 5.20. The number of hydrogen-bond donors (Lipinski definition) is 0. The summed E-state index contributed by atoms with van der Waals surface area (Å²) in [4.78, 5) is 0. The van der Waals surface area contributed by atoms with Crippen LogP contribution in [0.25, 0.3) is 0 Å². The highest BCUT2D eigenvalue weighted by Crippen LogP contribution is 1.96. The monoisotopic (exact) mass is 160 g/mol. The van der Waals surface area contributed by atoms with Crippen LogP contribution in [0.4, 0.5) is 0 Å². The van der Waals surface area contributed by atoms with E-state index in [1.165, 1.54) is 14.2 Å². The van der Waals surface area contributed by atoms with Crippen LogP contribution < -0.4 is 0 Å². The van der Waals surface area contributed by atoms with Gasteiger partial charge in [-0.05, 0) is 0 Å². The summed E-state index contributed by atoms with van der Waals surface area (Å²) in [5.74, 6) is -0.162. The molecule has 0 N–H and O–H groups in total. The van der Waals surface area contributed by atoms with Gasteiger partial charge in [-0.25, -0.2) is 0 Å². The molecule has 0 atom stereocenters. The summed E-state index contributed by atoms with van der Waals surface area (Å²) < 4.78 is 10.1. The lowest BCUT2D eigenvalue weighted by Gasteiger charge is -1.95. The van der Waals surface area contributed by atoms with Crippen molar-refractivity contribution in [1.29, 1.82) is 0 Å². The number of nitrogens with zero attached hydrogens (tertiary/aromatic N) is 2. The molecule has 62 valence electrons. The molecular formula is C5H8N2O4. The third-order valence-electron chi connectivity index (χ3n) is 1.28. The Kier molecular flexibility index (Phi) is 1.84. The Hall–Kier alpha value is -1.46. The van der Waals surface area contributed by atoms with Crippen molar-refractivity contribution >= 4 is 11.8 Å². The predicted molar refractivity (Wildman–Crippen MR) is 36.2 cm³/mol. The molecule has 6 heteroatoms. The Balaban J connectivity index is 2.94. The standard InChI is InChI=1S/C5H8N2O4/c1-10-4-5(11-2)7(9)3-6(4)8/h3H2,1-2H3.